The van der Waals surface area contributed by atoms with E-state index in [1.54, 1.807) is 37.3 Å². The van der Waals surface area contributed by atoms with Gasteiger partial charge in [-0.25, -0.2) is 9.59 Å². The molecule has 0 saturated heterocycles. The van der Waals surface area contributed by atoms with E-state index in [1.807, 2.05) is 6.92 Å². The van der Waals surface area contributed by atoms with Crippen molar-refractivity contribution in [2.75, 3.05) is 6.61 Å². The molecule has 0 saturated carbocycles. The number of carboxylic acids is 1. The van der Waals surface area contributed by atoms with Gasteiger partial charge in [-0.05, 0) is 55.3 Å². The van der Waals surface area contributed by atoms with Crippen LogP contribution in [0, 0.1) is 0 Å². The zero-order valence-electron chi connectivity index (χ0n) is 15.8. The molecule has 1 aliphatic rings. The van der Waals surface area contributed by atoms with Crippen molar-refractivity contribution in [3.63, 3.8) is 0 Å². The van der Waals surface area contributed by atoms with Gasteiger partial charge < -0.3 is 19.4 Å². The predicted molar refractivity (Wildman–Crippen MR) is 108 cm³/mol. The van der Waals surface area contributed by atoms with E-state index in [-0.39, 0.29) is 12.2 Å². The molecule has 29 heavy (non-hydrogen) atoms. The molecule has 0 spiro atoms. The topological polar surface area (TPSA) is 94.4 Å². The van der Waals surface area contributed by atoms with Crippen molar-refractivity contribution in [2.24, 2.45) is 5.16 Å². The largest absolute Gasteiger partial charge is 0.490 e. The van der Waals surface area contributed by atoms with Gasteiger partial charge in [-0.15, -0.1) is 0 Å². The van der Waals surface area contributed by atoms with Crippen molar-refractivity contribution in [3.05, 3.63) is 63.7 Å². The maximum atomic E-state index is 11.7. The Labute approximate surface area is 172 Å². The Hall–Kier alpha value is -3.32. The van der Waals surface area contributed by atoms with E-state index >= 15 is 0 Å². The van der Waals surface area contributed by atoms with Crippen LogP contribution in [0.25, 0.3) is 6.08 Å². The maximum Gasteiger partial charge on any atom is 0.367 e. The van der Waals surface area contributed by atoms with Crippen LogP contribution in [0.1, 0.15) is 35.3 Å². The standard InChI is InChI=1S/C21H18ClNO6/c1-3-27-18-10-14(8-16-12(2)23-29-21(16)26)9-17(22)19(18)28-11-13-4-6-15(7-5-13)20(24)25/h4-10H,3,11H2,1-2H3,(H,24,25)/b16-8-. The lowest BCUT2D eigenvalue weighted by Gasteiger charge is -2.15. The minimum atomic E-state index is -0.990. The Kier molecular flexibility index (Phi) is 6.19. The summed E-state index contributed by atoms with van der Waals surface area (Å²) < 4.78 is 11.5. The quantitative estimate of drug-likeness (QED) is 0.534. The third kappa shape index (κ3) is 4.75. The molecule has 0 fully saturated rings. The molecule has 0 atom stereocenters. The summed E-state index contributed by atoms with van der Waals surface area (Å²) in [5, 5.41) is 12.9. The Morgan fingerprint density at radius 3 is 2.55 bits per heavy atom. The summed E-state index contributed by atoms with van der Waals surface area (Å²) in [6.07, 6.45) is 1.62. The highest BCUT2D eigenvalue weighted by Gasteiger charge is 2.22. The second-order valence-corrected chi connectivity index (χ2v) is 6.57. The number of nitrogens with zero attached hydrogens (tertiary/aromatic N) is 1. The lowest BCUT2D eigenvalue weighted by Crippen LogP contribution is -2.03. The van der Waals surface area contributed by atoms with Gasteiger partial charge in [0.2, 0.25) is 0 Å². The van der Waals surface area contributed by atoms with Gasteiger partial charge in [0, 0.05) is 0 Å². The third-order valence-electron chi connectivity index (χ3n) is 4.10. The molecule has 150 valence electrons. The first-order valence-electron chi connectivity index (χ1n) is 8.78. The van der Waals surface area contributed by atoms with E-state index in [1.165, 1.54) is 12.1 Å². The normalized spacial score (nSPS) is 14.5. The summed E-state index contributed by atoms with van der Waals surface area (Å²) in [5.74, 6) is -0.732. The average molecular weight is 416 g/mol. The van der Waals surface area contributed by atoms with Gasteiger partial charge in [0.05, 0.1) is 28.5 Å². The van der Waals surface area contributed by atoms with Gasteiger partial charge in [0.15, 0.2) is 11.5 Å². The third-order valence-corrected chi connectivity index (χ3v) is 4.38. The zero-order chi connectivity index (χ0) is 21.0. The van der Waals surface area contributed by atoms with Crippen molar-refractivity contribution in [3.8, 4) is 11.5 Å². The van der Waals surface area contributed by atoms with Crippen molar-refractivity contribution in [1.82, 2.24) is 0 Å². The first-order chi connectivity index (χ1) is 13.9. The molecular weight excluding hydrogens is 398 g/mol. The van der Waals surface area contributed by atoms with E-state index in [0.29, 0.717) is 40.0 Å². The number of carbonyl (C=O) groups is 2. The maximum absolute atomic E-state index is 11.7. The highest BCUT2D eigenvalue weighted by Crippen LogP contribution is 2.38. The van der Waals surface area contributed by atoms with E-state index < -0.39 is 11.9 Å². The van der Waals surface area contributed by atoms with E-state index in [4.69, 9.17) is 26.2 Å². The lowest BCUT2D eigenvalue weighted by atomic mass is 10.1. The van der Waals surface area contributed by atoms with E-state index in [0.717, 1.165) is 5.56 Å². The monoisotopic (exact) mass is 415 g/mol. The lowest BCUT2D eigenvalue weighted by molar-refractivity contribution is -0.136. The molecule has 0 aliphatic carbocycles. The minimum Gasteiger partial charge on any atom is -0.490 e. The summed E-state index contributed by atoms with van der Waals surface area (Å²) in [6.45, 7) is 4.08. The molecule has 2 aromatic carbocycles. The molecule has 0 unspecified atom stereocenters. The van der Waals surface area contributed by atoms with Gasteiger partial charge >= 0.3 is 11.9 Å². The number of hydrogen-bond acceptors (Lipinski definition) is 6. The molecule has 3 rings (SSSR count). The number of hydrogen-bond donors (Lipinski definition) is 1. The van der Waals surface area contributed by atoms with Gasteiger partial charge in [-0.2, -0.15) is 0 Å². The van der Waals surface area contributed by atoms with Crippen LogP contribution >= 0.6 is 11.6 Å². The van der Waals surface area contributed by atoms with Crippen LogP contribution in [0.15, 0.2) is 47.1 Å². The van der Waals surface area contributed by atoms with Crippen LogP contribution in [0.4, 0.5) is 0 Å². The molecule has 1 heterocycles. The second kappa shape index (κ2) is 8.79. The van der Waals surface area contributed by atoms with Crippen molar-refractivity contribution in [1.29, 1.82) is 0 Å². The van der Waals surface area contributed by atoms with Gasteiger partial charge in [-0.1, -0.05) is 28.9 Å². The predicted octanol–water partition coefficient (Wildman–Crippen LogP) is 4.33. The van der Waals surface area contributed by atoms with E-state index in [9.17, 15) is 9.59 Å². The fourth-order valence-electron chi connectivity index (χ4n) is 2.66. The molecule has 8 heteroatoms. The molecule has 7 nitrogen and oxygen atoms in total. The number of ether oxygens (including phenoxy) is 2. The molecule has 1 aliphatic heterocycles. The van der Waals surface area contributed by atoms with Crippen LogP contribution < -0.4 is 9.47 Å². The van der Waals surface area contributed by atoms with Crippen LogP contribution in [0.3, 0.4) is 0 Å². The highest BCUT2D eigenvalue weighted by atomic mass is 35.5. The number of oxime groups is 1. The fraction of sp³-hybridized carbons (Fsp3) is 0.190. The molecule has 1 N–H and O–H groups in total. The van der Waals surface area contributed by atoms with E-state index in [2.05, 4.69) is 9.99 Å². The van der Waals surface area contributed by atoms with Crippen molar-refractivity contribution in [2.45, 2.75) is 20.5 Å². The van der Waals surface area contributed by atoms with Crippen molar-refractivity contribution < 1.29 is 29.0 Å². The number of rotatable bonds is 7. The molecule has 0 radical (unpaired) electrons. The van der Waals surface area contributed by atoms with Crippen LogP contribution in [0.5, 0.6) is 11.5 Å². The first kappa shape index (κ1) is 20.4. The van der Waals surface area contributed by atoms with Crippen LogP contribution in [-0.4, -0.2) is 29.4 Å². The van der Waals surface area contributed by atoms with Crippen LogP contribution in [-0.2, 0) is 16.2 Å². The van der Waals surface area contributed by atoms with Gasteiger partial charge in [0.25, 0.3) is 0 Å². The smallest absolute Gasteiger partial charge is 0.367 e. The number of aromatic carboxylic acids is 1. The summed E-state index contributed by atoms with van der Waals surface area (Å²) >= 11 is 6.40. The zero-order valence-corrected chi connectivity index (χ0v) is 16.5. The second-order valence-electron chi connectivity index (χ2n) is 6.17. The molecule has 0 aromatic heterocycles. The summed E-state index contributed by atoms with van der Waals surface area (Å²) in [7, 11) is 0. The van der Waals surface area contributed by atoms with Gasteiger partial charge in [0.1, 0.15) is 6.61 Å². The number of carbonyl (C=O) groups excluding carboxylic acids is 1. The molecule has 0 bridgehead atoms. The number of carboxylic acid groups (broad SMARTS) is 1. The fourth-order valence-corrected chi connectivity index (χ4v) is 2.93. The van der Waals surface area contributed by atoms with Gasteiger partial charge in [-0.3, -0.25) is 0 Å². The summed E-state index contributed by atoms with van der Waals surface area (Å²) in [5.41, 5.74) is 2.44. The summed E-state index contributed by atoms with van der Waals surface area (Å²) in [4.78, 5) is 27.3. The molecular formula is C21H18ClNO6. The molecule has 2 aromatic rings. The van der Waals surface area contributed by atoms with Crippen LogP contribution in [0.2, 0.25) is 5.02 Å². The first-order valence-corrected chi connectivity index (χ1v) is 9.16. The Balaban J connectivity index is 1.84. The average Bonchev–Trinajstić information content (AvgIpc) is 3.00. The Morgan fingerprint density at radius 2 is 1.97 bits per heavy atom. The highest BCUT2D eigenvalue weighted by molar-refractivity contribution is 6.32. The number of halogens is 1. The summed E-state index contributed by atoms with van der Waals surface area (Å²) in [6, 6.07) is 9.72. The number of benzene rings is 2. The van der Waals surface area contributed by atoms with Crippen molar-refractivity contribution >= 4 is 35.3 Å². The Bertz CT molecular complexity index is 1010. The SMILES string of the molecule is CCOc1cc(/C=C2\C(=O)ON=C2C)cc(Cl)c1OCc1ccc(C(=O)O)cc1. The molecule has 0 amide bonds. The Morgan fingerprint density at radius 1 is 1.24 bits per heavy atom. The minimum absolute atomic E-state index is 0.179.